The summed E-state index contributed by atoms with van der Waals surface area (Å²) in [6, 6.07) is 10.1. The van der Waals surface area contributed by atoms with Crippen molar-refractivity contribution < 1.29 is 19.1 Å². The second kappa shape index (κ2) is 11.5. The van der Waals surface area contributed by atoms with E-state index >= 15 is 0 Å². The fourth-order valence-electron chi connectivity index (χ4n) is 2.69. The lowest BCUT2D eigenvalue weighted by atomic mass is 10.1. The largest absolute Gasteiger partial charge is 0.490 e. The van der Waals surface area contributed by atoms with Crippen molar-refractivity contribution >= 4 is 43.7 Å². The molecule has 6 nitrogen and oxygen atoms in total. The Kier molecular flexibility index (Phi) is 9.37. The number of rotatable bonds is 9. The fourth-order valence-corrected chi connectivity index (χ4v) is 3.63. The predicted molar refractivity (Wildman–Crippen MR) is 129 cm³/mol. The molecule has 168 valence electrons. The molecular formula is C23H28Br2N2O4. The van der Waals surface area contributed by atoms with Gasteiger partial charge in [-0.3, -0.25) is 9.59 Å². The molecule has 2 rings (SSSR count). The molecule has 0 aromatic heterocycles. The van der Waals surface area contributed by atoms with Crippen molar-refractivity contribution in [3.8, 4) is 11.5 Å². The highest BCUT2D eigenvalue weighted by Gasteiger charge is 2.15. The summed E-state index contributed by atoms with van der Waals surface area (Å²) in [5, 5.41) is 5.73. The Morgan fingerprint density at radius 3 is 1.68 bits per heavy atom. The van der Waals surface area contributed by atoms with E-state index in [1.54, 1.807) is 36.4 Å². The lowest BCUT2D eigenvalue weighted by Gasteiger charge is -2.16. The van der Waals surface area contributed by atoms with E-state index in [2.05, 4.69) is 42.5 Å². The third-order valence-electron chi connectivity index (χ3n) is 4.06. The molecule has 0 saturated heterocycles. The molecule has 0 aliphatic heterocycles. The van der Waals surface area contributed by atoms with Gasteiger partial charge in [0.25, 0.3) is 11.8 Å². The van der Waals surface area contributed by atoms with Crippen molar-refractivity contribution in [1.29, 1.82) is 0 Å². The Labute approximate surface area is 200 Å². The first-order valence-electron chi connectivity index (χ1n) is 10.1. The molecule has 0 aliphatic rings. The van der Waals surface area contributed by atoms with Gasteiger partial charge in [0, 0.05) is 23.7 Å². The number of benzene rings is 2. The topological polar surface area (TPSA) is 76.7 Å². The van der Waals surface area contributed by atoms with E-state index in [1.807, 2.05) is 34.6 Å². The smallest absolute Gasteiger partial charge is 0.251 e. The Morgan fingerprint density at radius 2 is 1.26 bits per heavy atom. The van der Waals surface area contributed by atoms with Gasteiger partial charge in [0.2, 0.25) is 0 Å². The van der Waals surface area contributed by atoms with E-state index in [4.69, 9.17) is 9.47 Å². The number of hydrogen-bond acceptors (Lipinski definition) is 4. The Hall–Kier alpha value is -2.06. The molecule has 0 saturated carbocycles. The van der Waals surface area contributed by atoms with Crippen LogP contribution in [0.3, 0.4) is 0 Å². The summed E-state index contributed by atoms with van der Waals surface area (Å²) in [7, 11) is 0. The molecule has 1 unspecified atom stereocenters. The minimum Gasteiger partial charge on any atom is -0.490 e. The number of carbonyl (C=O) groups excluding carboxylic acids is 2. The number of halogens is 2. The van der Waals surface area contributed by atoms with Gasteiger partial charge < -0.3 is 20.1 Å². The van der Waals surface area contributed by atoms with Crippen LogP contribution in [0.25, 0.3) is 0 Å². The van der Waals surface area contributed by atoms with Crippen LogP contribution in [0.2, 0.25) is 0 Å². The van der Waals surface area contributed by atoms with Crippen molar-refractivity contribution in [1.82, 2.24) is 10.6 Å². The molecule has 0 heterocycles. The normalized spacial score (nSPS) is 11.9. The van der Waals surface area contributed by atoms with Crippen molar-refractivity contribution in [2.24, 2.45) is 0 Å². The van der Waals surface area contributed by atoms with Crippen LogP contribution in [0.4, 0.5) is 0 Å². The maximum Gasteiger partial charge on any atom is 0.251 e. The predicted octanol–water partition coefficient (Wildman–Crippen LogP) is 5.33. The zero-order chi connectivity index (χ0) is 23.1. The van der Waals surface area contributed by atoms with Crippen LogP contribution in [0.1, 0.15) is 55.3 Å². The van der Waals surface area contributed by atoms with E-state index < -0.39 is 0 Å². The molecule has 0 spiro atoms. The summed E-state index contributed by atoms with van der Waals surface area (Å²) in [5.41, 5.74) is 1.01. The van der Waals surface area contributed by atoms with Crippen LogP contribution >= 0.6 is 31.9 Å². The third kappa shape index (κ3) is 7.85. The minimum absolute atomic E-state index is 0.0409. The molecule has 8 heteroatoms. The monoisotopic (exact) mass is 554 g/mol. The second-order valence-corrected chi connectivity index (χ2v) is 9.42. The van der Waals surface area contributed by atoms with Gasteiger partial charge in [-0.1, -0.05) is 0 Å². The average Bonchev–Trinajstić information content (AvgIpc) is 2.68. The Morgan fingerprint density at radius 1 is 0.806 bits per heavy atom. The maximum atomic E-state index is 12.5. The average molecular weight is 556 g/mol. The quantitative estimate of drug-likeness (QED) is 0.438. The molecule has 0 aliphatic carbocycles. The Bertz CT molecular complexity index is 932. The van der Waals surface area contributed by atoms with Crippen molar-refractivity contribution in [2.45, 2.75) is 52.9 Å². The first kappa shape index (κ1) is 25.2. The number of carbonyl (C=O) groups is 2. The molecule has 2 N–H and O–H groups in total. The first-order chi connectivity index (χ1) is 14.6. The van der Waals surface area contributed by atoms with Crippen molar-refractivity contribution in [3.05, 3.63) is 56.5 Å². The summed E-state index contributed by atoms with van der Waals surface area (Å²) in [4.78, 5) is 25.0. The van der Waals surface area contributed by atoms with Gasteiger partial charge in [0.1, 0.15) is 11.5 Å². The minimum atomic E-state index is -0.256. The number of amides is 2. The van der Waals surface area contributed by atoms with E-state index in [0.29, 0.717) is 38.1 Å². The van der Waals surface area contributed by atoms with Crippen LogP contribution in [-0.2, 0) is 0 Å². The standard InChI is InChI=1S/C23H28Br2N2O4/c1-13(2)30-20-8-6-16(10-18(20)24)22(28)26-12-15(5)27-23(29)17-7-9-21(19(25)11-17)31-14(3)4/h6-11,13-15H,12H2,1-5H3,(H,26,28)(H,27,29). The van der Waals surface area contributed by atoms with Gasteiger partial charge in [-0.2, -0.15) is 0 Å². The molecular weight excluding hydrogens is 528 g/mol. The van der Waals surface area contributed by atoms with Crippen LogP contribution in [0.15, 0.2) is 45.3 Å². The molecule has 31 heavy (non-hydrogen) atoms. The fraction of sp³-hybridized carbons (Fsp3) is 0.391. The lowest BCUT2D eigenvalue weighted by Crippen LogP contribution is -2.41. The molecule has 2 aromatic carbocycles. The highest BCUT2D eigenvalue weighted by atomic mass is 79.9. The van der Waals surface area contributed by atoms with Crippen LogP contribution < -0.4 is 20.1 Å². The maximum absolute atomic E-state index is 12.5. The van der Waals surface area contributed by atoms with Gasteiger partial charge in [-0.25, -0.2) is 0 Å². The summed E-state index contributed by atoms with van der Waals surface area (Å²) in [5.74, 6) is 0.915. The SMILES string of the molecule is CC(CNC(=O)c1ccc(OC(C)C)c(Br)c1)NC(=O)c1ccc(OC(C)C)c(Br)c1. The number of nitrogens with one attached hydrogen (secondary N) is 2. The van der Waals surface area contributed by atoms with Gasteiger partial charge in [0.15, 0.2) is 0 Å². The van der Waals surface area contributed by atoms with Crippen LogP contribution in [0.5, 0.6) is 11.5 Å². The molecule has 0 bridgehead atoms. The molecule has 0 fully saturated rings. The van der Waals surface area contributed by atoms with E-state index in [9.17, 15) is 9.59 Å². The molecule has 1 atom stereocenters. The van der Waals surface area contributed by atoms with Gasteiger partial charge in [-0.05, 0) is 103 Å². The zero-order valence-electron chi connectivity index (χ0n) is 18.3. The summed E-state index contributed by atoms with van der Waals surface area (Å²) in [6.07, 6.45) is 0.0826. The third-order valence-corrected chi connectivity index (χ3v) is 5.30. The molecule has 0 radical (unpaired) electrons. The first-order valence-corrected chi connectivity index (χ1v) is 11.7. The van der Waals surface area contributed by atoms with E-state index in [1.165, 1.54) is 0 Å². The highest BCUT2D eigenvalue weighted by molar-refractivity contribution is 9.10. The summed E-state index contributed by atoms with van der Waals surface area (Å²) in [6.45, 7) is 9.89. The van der Waals surface area contributed by atoms with Crippen molar-refractivity contribution in [2.75, 3.05) is 6.54 Å². The van der Waals surface area contributed by atoms with Crippen molar-refractivity contribution in [3.63, 3.8) is 0 Å². The summed E-state index contributed by atoms with van der Waals surface area (Å²) < 4.78 is 12.8. The van der Waals surface area contributed by atoms with Gasteiger partial charge in [0.05, 0.1) is 21.2 Å². The van der Waals surface area contributed by atoms with Gasteiger partial charge in [-0.15, -0.1) is 0 Å². The Balaban J connectivity index is 1.90. The van der Waals surface area contributed by atoms with Crippen LogP contribution in [0, 0.1) is 0 Å². The van der Waals surface area contributed by atoms with Crippen LogP contribution in [-0.4, -0.2) is 36.6 Å². The van der Waals surface area contributed by atoms with Gasteiger partial charge >= 0.3 is 0 Å². The second-order valence-electron chi connectivity index (χ2n) is 7.71. The highest BCUT2D eigenvalue weighted by Crippen LogP contribution is 2.28. The zero-order valence-corrected chi connectivity index (χ0v) is 21.5. The lowest BCUT2D eigenvalue weighted by molar-refractivity contribution is 0.0912. The number of hydrogen-bond donors (Lipinski definition) is 2. The van der Waals surface area contributed by atoms with E-state index in [0.717, 1.165) is 0 Å². The summed E-state index contributed by atoms with van der Waals surface area (Å²) >= 11 is 6.87. The number of ether oxygens (including phenoxy) is 2. The van der Waals surface area contributed by atoms with E-state index in [-0.39, 0.29) is 30.1 Å². The molecule has 2 aromatic rings. The molecule has 2 amide bonds.